The first-order valence-electron chi connectivity index (χ1n) is 10.5. The second kappa shape index (κ2) is 6.39. The normalized spacial score (nSPS) is 32.7. The Hall–Kier alpha value is -3.21. The van der Waals surface area contributed by atoms with Crippen molar-refractivity contribution in [3.05, 3.63) is 72.3 Å². The molecule has 0 aromatic heterocycles. The summed E-state index contributed by atoms with van der Waals surface area (Å²) in [6.45, 7) is 0. The lowest BCUT2D eigenvalue weighted by Gasteiger charge is -2.37. The maximum Gasteiger partial charge on any atom is 0.315 e. The molecule has 0 N–H and O–H groups in total. The number of imide groups is 1. The van der Waals surface area contributed by atoms with E-state index in [2.05, 4.69) is 12.2 Å². The van der Waals surface area contributed by atoms with Gasteiger partial charge in [-0.3, -0.25) is 19.3 Å². The smallest absolute Gasteiger partial charge is 0.315 e. The monoisotopic (exact) mass is 399 g/mol. The fourth-order valence-electron chi connectivity index (χ4n) is 5.80. The number of nitrogens with zero attached hydrogens (tertiary/aromatic N) is 1. The molecule has 1 heterocycles. The number of carbonyl (C=O) groups excluding carboxylic acids is 3. The summed E-state index contributed by atoms with van der Waals surface area (Å²) in [5.41, 5.74) is 1.44. The summed E-state index contributed by atoms with van der Waals surface area (Å²) >= 11 is 0. The first-order chi connectivity index (χ1) is 14.6. The van der Waals surface area contributed by atoms with Crippen LogP contribution < -0.4 is 9.64 Å². The highest BCUT2D eigenvalue weighted by Crippen LogP contribution is 2.65. The summed E-state index contributed by atoms with van der Waals surface area (Å²) in [6.07, 6.45) is 5.68. The predicted molar refractivity (Wildman–Crippen MR) is 109 cm³/mol. The van der Waals surface area contributed by atoms with Crippen LogP contribution in [0.1, 0.15) is 12.0 Å². The van der Waals surface area contributed by atoms with Crippen LogP contribution >= 0.6 is 0 Å². The highest BCUT2D eigenvalue weighted by molar-refractivity contribution is 6.22. The van der Waals surface area contributed by atoms with Crippen LogP contribution in [0.15, 0.2) is 66.7 Å². The largest absolute Gasteiger partial charge is 0.426 e. The molecule has 2 amide bonds. The van der Waals surface area contributed by atoms with Crippen molar-refractivity contribution >= 4 is 23.5 Å². The van der Waals surface area contributed by atoms with E-state index in [0.717, 1.165) is 12.0 Å². The average Bonchev–Trinajstić information content (AvgIpc) is 3.53. The van der Waals surface area contributed by atoms with E-state index in [1.807, 2.05) is 30.3 Å². The third-order valence-electron chi connectivity index (χ3n) is 7.18. The van der Waals surface area contributed by atoms with Gasteiger partial charge in [-0.05, 0) is 59.9 Å². The van der Waals surface area contributed by atoms with Gasteiger partial charge in [-0.2, -0.15) is 0 Å². The Morgan fingerprint density at radius 1 is 0.867 bits per heavy atom. The number of benzene rings is 2. The standard InChI is InChI=1S/C25H21NO4/c27-21(12-14-4-2-1-3-5-14)30-16-8-6-15(7-9-16)26-24(28)22-17-10-11-18(20-13-19(17)20)23(22)25(26)29/h1-11,17-20,22-23H,12-13H2/t17-,18-,19-,20-,22+,23+/m1/s1. The van der Waals surface area contributed by atoms with Gasteiger partial charge in [0.05, 0.1) is 23.9 Å². The molecule has 3 fully saturated rings. The third-order valence-corrected chi connectivity index (χ3v) is 7.18. The zero-order valence-corrected chi connectivity index (χ0v) is 16.3. The van der Waals surface area contributed by atoms with Crippen molar-refractivity contribution in [3.8, 4) is 5.75 Å². The lowest BCUT2D eigenvalue weighted by Crippen LogP contribution is -2.40. The van der Waals surface area contributed by atoms with Gasteiger partial charge >= 0.3 is 5.97 Å². The molecule has 2 saturated carbocycles. The molecule has 2 aromatic rings. The molecule has 2 aromatic carbocycles. The fraction of sp³-hybridized carbons (Fsp3) is 0.320. The van der Waals surface area contributed by atoms with Gasteiger partial charge in [-0.1, -0.05) is 42.5 Å². The van der Waals surface area contributed by atoms with E-state index in [9.17, 15) is 14.4 Å². The van der Waals surface area contributed by atoms with Crippen LogP contribution in [0.4, 0.5) is 5.69 Å². The van der Waals surface area contributed by atoms with Crippen LogP contribution in [0, 0.1) is 35.5 Å². The summed E-state index contributed by atoms with van der Waals surface area (Å²) in [7, 11) is 0. The van der Waals surface area contributed by atoms with E-state index in [-0.39, 0.29) is 47.9 Å². The zero-order valence-electron chi connectivity index (χ0n) is 16.3. The minimum absolute atomic E-state index is 0.0801. The summed E-state index contributed by atoms with van der Waals surface area (Å²) in [5, 5.41) is 0. The summed E-state index contributed by atoms with van der Waals surface area (Å²) in [6, 6.07) is 16.1. The maximum atomic E-state index is 13.2. The molecule has 30 heavy (non-hydrogen) atoms. The first kappa shape index (κ1) is 17.6. The fourth-order valence-corrected chi connectivity index (χ4v) is 5.80. The number of amides is 2. The number of allylic oxidation sites excluding steroid dienone is 2. The molecule has 0 radical (unpaired) electrons. The van der Waals surface area contributed by atoms with E-state index in [1.165, 1.54) is 4.90 Å². The van der Waals surface area contributed by atoms with Gasteiger partial charge < -0.3 is 4.74 Å². The second-order valence-corrected chi connectivity index (χ2v) is 8.80. The highest BCUT2D eigenvalue weighted by atomic mass is 16.5. The highest BCUT2D eigenvalue weighted by Gasteiger charge is 2.67. The van der Waals surface area contributed by atoms with Crippen LogP contribution in [-0.4, -0.2) is 17.8 Å². The SMILES string of the molecule is O=C(Cc1ccccc1)Oc1ccc(N2C(=O)[C@H]3[C@@H]4C=C[C@H]([C@H]5C[C@H]45)[C@@H]3C2=O)cc1. The Morgan fingerprint density at radius 2 is 1.47 bits per heavy atom. The Morgan fingerprint density at radius 3 is 2.07 bits per heavy atom. The van der Waals surface area contributed by atoms with Gasteiger partial charge in [-0.25, -0.2) is 0 Å². The molecule has 5 aliphatic rings. The second-order valence-electron chi connectivity index (χ2n) is 8.80. The Kier molecular flexibility index (Phi) is 3.76. The molecule has 6 atom stereocenters. The summed E-state index contributed by atoms with van der Waals surface area (Å²) in [5.74, 6) is 1.07. The Balaban J connectivity index is 1.18. The van der Waals surface area contributed by atoms with E-state index >= 15 is 0 Å². The number of ether oxygens (including phenoxy) is 1. The van der Waals surface area contributed by atoms with Crippen molar-refractivity contribution in [2.24, 2.45) is 35.5 Å². The average molecular weight is 399 g/mol. The predicted octanol–water partition coefficient (Wildman–Crippen LogP) is 3.39. The summed E-state index contributed by atoms with van der Waals surface area (Å²) < 4.78 is 5.41. The van der Waals surface area contributed by atoms with Crippen LogP contribution in [0.25, 0.3) is 0 Å². The minimum atomic E-state index is -0.352. The minimum Gasteiger partial charge on any atom is -0.426 e. The van der Waals surface area contributed by atoms with E-state index in [1.54, 1.807) is 24.3 Å². The molecule has 2 bridgehead atoms. The van der Waals surface area contributed by atoms with Crippen LogP contribution in [0.5, 0.6) is 5.75 Å². The number of hydrogen-bond acceptors (Lipinski definition) is 4. The quantitative estimate of drug-likeness (QED) is 0.342. The number of esters is 1. The molecule has 5 heteroatoms. The molecule has 7 rings (SSSR count). The van der Waals surface area contributed by atoms with Crippen LogP contribution in [-0.2, 0) is 20.8 Å². The van der Waals surface area contributed by atoms with Crippen molar-refractivity contribution in [2.45, 2.75) is 12.8 Å². The number of rotatable bonds is 4. The van der Waals surface area contributed by atoms with E-state index in [0.29, 0.717) is 23.3 Å². The zero-order chi connectivity index (χ0) is 20.4. The Bertz CT molecular complexity index is 1040. The lowest BCUT2D eigenvalue weighted by atomic mass is 9.63. The van der Waals surface area contributed by atoms with Crippen molar-refractivity contribution in [3.63, 3.8) is 0 Å². The molecule has 150 valence electrons. The molecule has 0 unspecified atom stereocenters. The van der Waals surface area contributed by atoms with Crippen molar-refractivity contribution in [1.29, 1.82) is 0 Å². The topological polar surface area (TPSA) is 63.7 Å². The molecule has 1 aliphatic heterocycles. The first-order valence-corrected chi connectivity index (χ1v) is 10.5. The van der Waals surface area contributed by atoms with E-state index < -0.39 is 0 Å². The van der Waals surface area contributed by atoms with Crippen LogP contribution in [0.3, 0.4) is 0 Å². The maximum absolute atomic E-state index is 13.2. The third kappa shape index (κ3) is 2.58. The van der Waals surface area contributed by atoms with E-state index in [4.69, 9.17) is 4.74 Å². The lowest BCUT2D eigenvalue weighted by molar-refractivity contribution is -0.133. The van der Waals surface area contributed by atoms with Crippen molar-refractivity contribution < 1.29 is 19.1 Å². The van der Waals surface area contributed by atoms with Gasteiger partial charge in [0.15, 0.2) is 0 Å². The Labute approximate surface area is 174 Å². The molecular formula is C25H21NO4. The van der Waals surface area contributed by atoms with Gasteiger partial charge in [-0.15, -0.1) is 0 Å². The van der Waals surface area contributed by atoms with Crippen molar-refractivity contribution in [1.82, 2.24) is 0 Å². The van der Waals surface area contributed by atoms with Gasteiger partial charge in [0.25, 0.3) is 0 Å². The van der Waals surface area contributed by atoms with Gasteiger partial charge in [0.1, 0.15) is 5.75 Å². The van der Waals surface area contributed by atoms with Crippen LogP contribution in [0.2, 0.25) is 0 Å². The number of anilines is 1. The van der Waals surface area contributed by atoms with Gasteiger partial charge in [0.2, 0.25) is 11.8 Å². The number of hydrogen-bond donors (Lipinski definition) is 0. The summed E-state index contributed by atoms with van der Waals surface area (Å²) in [4.78, 5) is 39.8. The van der Waals surface area contributed by atoms with Gasteiger partial charge in [0, 0.05) is 0 Å². The van der Waals surface area contributed by atoms with Crippen molar-refractivity contribution in [2.75, 3.05) is 4.90 Å². The number of carbonyl (C=O) groups is 3. The molecule has 5 nitrogen and oxygen atoms in total. The molecular weight excluding hydrogens is 378 g/mol. The molecule has 1 saturated heterocycles. The molecule has 4 aliphatic carbocycles. The molecule has 0 spiro atoms.